The number of aryl methyl sites for hydroxylation is 1. The lowest BCUT2D eigenvalue weighted by atomic mass is 10.0. The normalized spacial score (nSPS) is 15.6. The first-order chi connectivity index (χ1) is 15.0. The van der Waals surface area contributed by atoms with Gasteiger partial charge in [-0.3, -0.25) is 4.79 Å². The molecule has 1 unspecified atom stereocenters. The number of aromatic nitrogens is 3. The van der Waals surface area contributed by atoms with Gasteiger partial charge in [0.15, 0.2) is 0 Å². The van der Waals surface area contributed by atoms with E-state index < -0.39 is 0 Å². The number of hydrogen-bond acceptors (Lipinski definition) is 5. The molecule has 4 rings (SSSR count). The van der Waals surface area contributed by atoms with E-state index in [1.54, 1.807) is 16.4 Å². The largest absolute Gasteiger partial charge is 0.328 e. The Balaban J connectivity index is 1.71. The van der Waals surface area contributed by atoms with Crippen LogP contribution in [0.25, 0.3) is 6.08 Å². The third-order valence-corrected chi connectivity index (χ3v) is 5.66. The standard InChI is InChI=1S/C24H25N5OS/c1-4-31-24-27-23-25-17(3)21(22(30)26-19-12-8-9-16(2)15-19)20(29(23)28-24)14-13-18-10-6-5-7-11-18/h5-15,20H,4H2,1-3H3,(H,26,30)(H,25,27,28)/b14-13+. The quantitative estimate of drug-likeness (QED) is 0.519. The number of rotatable bonds is 6. The lowest BCUT2D eigenvalue weighted by Crippen LogP contribution is -2.30. The van der Waals surface area contributed by atoms with Crippen LogP contribution in [0.5, 0.6) is 0 Å². The van der Waals surface area contributed by atoms with E-state index in [0.717, 1.165) is 28.3 Å². The summed E-state index contributed by atoms with van der Waals surface area (Å²) in [5, 5.41) is 11.6. The summed E-state index contributed by atoms with van der Waals surface area (Å²) in [6, 6.07) is 17.4. The van der Waals surface area contributed by atoms with E-state index in [0.29, 0.717) is 16.7 Å². The fourth-order valence-electron chi connectivity index (χ4n) is 3.52. The molecule has 0 fully saturated rings. The molecule has 31 heavy (non-hydrogen) atoms. The van der Waals surface area contributed by atoms with Crippen molar-refractivity contribution in [3.63, 3.8) is 0 Å². The van der Waals surface area contributed by atoms with Crippen LogP contribution in [0, 0.1) is 6.92 Å². The van der Waals surface area contributed by atoms with Gasteiger partial charge in [-0.2, -0.15) is 4.98 Å². The third kappa shape index (κ3) is 4.72. The van der Waals surface area contributed by atoms with Gasteiger partial charge in [-0.05, 0) is 42.9 Å². The minimum absolute atomic E-state index is 0.163. The predicted molar refractivity (Wildman–Crippen MR) is 127 cm³/mol. The molecular weight excluding hydrogens is 406 g/mol. The number of carbonyl (C=O) groups is 1. The third-order valence-electron chi connectivity index (χ3n) is 4.94. The van der Waals surface area contributed by atoms with Gasteiger partial charge >= 0.3 is 0 Å². The predicted octanol–water partition coefficient (Wildman–Crippen LogP) is 5.29. The SMILES string of the molecule is CCSc1nc2n(n1)C(/C=C/c1ccccc1)C(C(=O)Nc1cccc(C)c1)=C(C)N2. The van der Waals surface area contributed by atoms with Crippen LogP contribution in [0.3, 0.4) is 0 Å². The van der Waals surface area contributed by atoms with Crippen LogP contribution in [0.4, 0.5) is 11.6 Å². The molecule has 0 spiro atoms. The summed E-state index contributed by atoms with van der Waals surface area (Å²) < 4.78 is 1.79. The smallest absolute Gasteiger partial charge is 0.255 e. The number of fused-ring (bicyclic) bond motifs is 1. The summed E-state index contributed by atoms with van der Waals surface area (Å²) >= 11 is 1.57. The van der Waals surface area contributed by atoms with Crippen molar-refractivity contribution in [3.8, 4) is 0 Å². The number of carbonyl (C=O) groups excluding carboxylic acids is 1. The summed E-state index contributed by atoms with van der Waals surface area (Å²) in [7, 11) is 0. The van der Waals surface area contributed by atoms with Gasteiger partial charge in [0.05, 0.1) is 5.57 Å². The average molecular weight is 432 g/mol. The Morgan fingerprint density at radius 2 is 2.00 bits per heavy atom. The fourth-order valence-corrected chi connectivity index (χ4v) is 4.08. The highest BCUT2D eigenvalue weighted by Gasteiger charge is 2.31. The Morgan fingerprint density at radius 3 is 2.74 bits per heavy atom. The number of benzene rings is 2. The van der Waals surface area contributed by atoms with Gasteiger partial charge in [-0.15, -0.1) is 5.10 Å². The molecule has 2 aromatic carbocycles. The minimum atomic E-state index is -0.375. The molecular formula is C24H25N5OS. The summed E-state index contributed by atoms with van der Waals surface area (Å²) in [6.45, 7) is 5.97. The molecule has 1 atom stereocenters. The Bertz CT molecular complexity index is 1150. The molecule has 2 N–H and O–H groups in total. The molecule has 7 heteroatoms. The number of anilines is 2. The molecule has 0 saturated carbocycles. The van der Waals surface area contributed by atoms with Gasteiger partial charge in [0, 0.05) is 11.4 Å². The van der Waals surface area contributed by atoms with E-state index in [4.69, 9.17) is 0 Å². The molecule has 0 aliphatic carbocycles. The van der Waals surface area contributed by atoms with Gasteiger partial charge < -0.3 is 10.6 Å². The zero-order valence-electron chi connectivity index (χ0n) is 17.8. The zero-order valence-corrected chi connectivity index (χ0v) is 18.6. The molecule has 158 valence electrons. The molecule has 3 aromatic rings. The Kier molecular flexibility index (Phi) is 6.23. The van der Waals surface area contributed by atoms with E-state index in [9.17, 15) is 4.79 Å². The van der Waals surface area contributed by atoms with Crippen LogP contribution in [0.2, 0.25) is 0 Å². The first kappa shape index (κ1) is 20.9. The highest BCUT2D eigenvalue weighted by Crippen LogP contribution is 2.33. The van der Waals surface area contributed by atoms with Crippen LogP contribution in [0.1, 0.15) is 31.0 Å². The lowest BCUT2D eigenvalue weighted by molar-refractivity contribution is -0.113. The van der Waals surface area contributed by atoms with Gasteiger partial charge in [0.1, 0.15) is 6.04 Å². The topological polar surface area (TPSA) is 71.8 Å². The summed E-state index contributed by atoms with van der Waals surface area (Å²) in [6.07, 6.45) is 4.02. The molecule has 1 amide bonds. The van der Waals surface area contributed by atoms with E-state index >= 15 is 0 Å². The van der Waals surface area contributed by atoms with Crippen molar-refractivity contribution >= 4 is 35.4 Å². The minimum Gasteiger partial charge on any atom is -0.328 e. The van der Waals surface area contributed by atoms with E-state index in [1.807, 2.05) is 80.6 Å². The second-order valence-corrected chi connectivity index (χ2v) is 8.53. The summed E-state index contributed by atoms with van der Waals surface area (Å²) in [4.78, 5) is 17.9. The number of allylic oxidation sites excluding steroid dienone is 2. The highest BCUT2D eigenvalue weighted by molar-refractivity contribution is 7.99. The summed E-state index contributed by atoms with van der Waals surface area (Å²) in [5.41, 5.74) is 4.29. The number of hydrogen-bond donors (Lipinski definition) is 2. The van der Waals surface area contributed by atoms with Crippen molar-refractivity contribution in [3.05, 3.63) is 83.1 Å². The Labute approximate surface area is 186 Å². The second kappa shape index (κ2) is 9.22. The first-order valence-corrected chi connectivity index (χ1v) is 11.2. The van der Waals surface area contributed by atoms with E-state index in [-0.39, 0.29) is 11.9 Å². The maximum atomic E-state index is 13.3. The monoisotopic (exact) mass is 431 g/mol. The maximum Gasteiger partial charge on any atom is 0.255 e. The van der Waals surface area contributed by atoms with Crippen molar-refractivity contribution in [1.29, 1.82) is 0 Å². The first-order valence-electron chi connectivity index (χ1n) is 10.2. The molecule has 0 saturated heterocycles. The van der Waals surface area contributed by atoms with Gasteiger partial charge in [-0.25, -0.2) is 4.68 Å². The summed E-state index contributed by atoms with van der Waals surface area (Å²) in [5.74, 6) is 1.36. The zero-order chi connectivity index (χ0) is 21.8. The fraction of sp³-hybridized carbons (Fsp3) is 0.208. The van der Waals surface area contributed by atoms with Crippen molar-refractivity contribution in [2.75, 3.05) is 16.4 Å². The maximum absolute atomic E-state index is 13.3. The van der Waals surface area contributed by atoms with Crippen LogP contribution in [0.15, 0.2) is 77.1 Å². The average Bonchev–Trinajstić information content (AvgIpc) is 3.14. The number of nitrogens with zero attached hydrogens (tertiary/aromatic N) is 3. The molecule has 0 radical (unpaired) electrons. The molecule has 1 aliphatic rings. The molecule has 1 aliphatic heterocycles. The van der Waals surface area contributed by atoms with Crippen LogP contribution in [-0.2, 0) is 4.79 Å². The van der Waals surface area contributed by atoms with Crippen molar-refractivity contribution in [1.82, 2.24) is 14.8 Å². The molecule has 1 aromatic heterocycles. The highest BCUT2D eigenvalue weighted by atomic mass is 32.2. The van der Waals surface area contributed by atoms with Gasteiger partial charge in [-0.1, -0.05) is 73.3 Å². The Hall–Kier alpha value is -3.32. The van der Waals surface area contributed by atoms with Gasteiger partial charge in [0.2, 0.25) is 11.1 Å². The van der Waals surface area contributed by atoms with Crippen LogP contribution >= 0.6 is 11.8 Å². The van der Waals surface area contributed by atoms with Crippen LogP contribution in [-0.4, -0.2) is 26.4 Å². The molecule has 0 bridgehead atoms. The number of nitrogens with one attached hydrogen (secondary N) is 2. The molecule has 2 heterocycles. The van der Waals surface area contributed by atoms with Crippen molar-refractivity contribution in [2.24, 2.45) is 0 Å². The van der Waals surface area contributed by atoms with E-state index in [2.05, 4.69) is 27.6 Å². The van der Waals surface area contributed by atoms with Gasteiger partial charge in [0.25, 0.3) is 5.91 Å². The number of thioether (sulfide) groups is 1. The van der Waals surface area contributed by atoms with Crippen molar-refractivity contribution < 1.29 is 4.79 Å². The van der Waals surface area contributed by atoms with Crippen molar-refractivity contribution in [2.45, 2.75) is 32.0 Å². The lowest BCUT2D eigenvalue weighted by Gasteiger charge is -2.26. The second-order valence-electron chi connectivity index (χ2n) is 7.30. The number of amides is 1. The molecule has 6 nitrogen and oxygen atoms in total. The van der Waals surface area contributed by atoms with E-state index in [1.165, 1.54) is 0 Å². The van der Waals surface area contributed by atoms with Crippen LogP contribution < -0.4 is 10.6 Å². The Morgan fingerprint density at radius 1 is 1.19 bits per heavy atom.